The van der Waals surface area contributed by atoms with Crippen LogP contribution in [0.3, 0.4) is 0 Å². The minimum absolute atomic E-state index is 0.0672. The van der Waals surface area contributed by atoms with E-state index in [1.54, 1.807) is 22.7 Å². The number of amides is 1. The van der Waals surface area contributed by atoms with Crippen molar-refractivity contribution in [3.8, 4) is 6.07 Å². The Morgan fingerprint density at radius 3 is 2.94 bits per heavy atom. The first-order valence-electron chi connectivity index (χ1n) is 5.61. The number of fused-ring (bicyclic) bond motifs is 1. The minimum atomic E-state index is -0.492. The van der Waals surface area contributed by atoms with Crippen LogP contribution in [0.1, 0.15) is 24.2 Å². The highest BCUT2D eigenvalue weighted by Gasteiger charge is 2.16. The summed E-state index contributed by atoms with van der Waals surface area (Å²) < 4.78 is 1.66. The molecule has 6 nitrogen and oxygen atoms in total. The zero-order valence-corrected chi connectivity index (χ0v) is 10.2. The van der Waals surface area contributed by atoms with Crippen LogP contribution < -0.4 is 5.32 Å². The van der Waals surface area contributed by atoms with Crippen molar-refractivity contribution in [1.29, 1.82) is 5.26 Å². The Hall–Kier alpha value is -2.42. The van der Waals surface area contributed by atoms with Gasteiger partial charge in [-0.25, -0.2) is 0 Å². The number of nitriles is 1. The summed E-state index contributed by atoms with van der Waals surface area (Å²) in [5.74, 6) is -0.205. The third kappa shape index (κ3) is 2.30. The fourth-order valence-electron chi connectivity index (χ4n) is 1.53. The molecule has 0 radical (unpaired) electrons. The number of hydrogen-bond acceptors (Lipinski definition) is 4. The van der Waals surface area contributed by atoms with E-state index in [0.717, 1.165) is 0 Å². The van der Waals surface area contributed by atoms with Crippen molar-refractivity contribution in [2.24, 2.45) is 5.92 Å². The Balaban J connectivity index is 2.20. The molecule has 92 valence electrons. The zero-order valence-electron chi connectivity index (χ0n) is 10.2. The van der Waals surface area contributed by atoms with Crippen molar-refractivity contribution < 1.29 is 4.79 Å². The van der Waals surface area contributed by atoms with Gasteiger partial charge < -0.3 is 5.32 Å². The van der Waals surface area contributed by atoms with Crippen LogP contribution in [-0.4, -0.2) is 26.5 Å². The molecule has 0 spiro atoms. The Kier molecular flexibility index (Phi) is 3.24. The zero-order chi connectivity index (χ0) is 13.1. The van der Waals surface area contributed by atoms with Crippen LogP contribution in [0.4, 0.5) is 0 Å². The molecule has 0 aliphatic rings. The molecule has 6 heteroatoms. The number of rotatable bonds is 3. The molecule has 2 aromatic heterocycles. The van der Waals surface area contributed by atoms with Gasteiger partial charge in [-0.3, -0.25) is 9.20 Å². The summed E-state index contributed by atoms with van der Waals surface area (Å²) >= 11 is 0. The summed E-state index contributed by atoms with van der Waals surface area (Å²) in [7, 11) is 0. The van der Waals surface area contributed by atoms with Gasteiger partial charge in [0.2, 0.25) is 0 Å². The average Bonchev–Trinajstić information content (AvgIpc) is 2.82. The lowest BCUT2D eigenvalue weighted by molar-refractivity contribution is 0.0937. The first-order valence-corrected chi connectivity index (χ1v) is 5.61. The van der Waals surface area contributed by atoms with Crippen LogP contribution >= 0.6 is 0 Å². The predicted octanol–water partition coefficient (Wildman–Crippen LogP) is 1.01. The Labute approximate surface area is 104 Å². The van der Waals surface area contributed by atoms with Gasteiger partial charge in [0.1, 0.15) is 12.4 Å². The number of carbonyl (C=O) groups excluding carboxylic acids is 1. The molecule has 0 bridgehead atoms. The Morgan fingerprint density at radius 1 is 1.50 bits per heavy atom. The van der Waals surface area contributed by atoms with Crippen LogP contribution in [0.15, 0.2) is 24.7 Å². The second-order valence-electron chi connectivity index (χ2n) is 4.34. The number of pyridine rings is 1. The standard InChI is InChI=1S/C12H13N5O/c1-8(2)10(5-13)15-12(18)9-3-4-11-16-14-7-17(11)6-9/h3-4,6-8,10H,1-2H3,(H,15,18)/t10-/m0/s1. The number of aromatic nitrogens is 3. The van der Waals surface area contributed by atoms with Gasteiger partial charge in [0, 0.05) is 6.20 Å². The van der Waals surface area contributed by atoms with Gasteiger partial charge in [-0.15, -0.1) is 10.2 Å². The van der Waals surface area contributed by atoms with E-state index in [0.29, 0.717) is 11.2 Å². The maximum atomic E-state index is 12.0. The molecule has 18 heavy (non-hydrogen) atoms. The van der Waals surface area contributed by atoms with Crippen LogP contribution in [0, 0.1) is 17.2 Å². The van der Waals surface area contributed by atoms with Crippen molar-refractivity contribution in [1.82, 2.24) is 19.9 Å². The summed E-state index contributed by atoms with van der Waals surface area (Å²) in [4.78, 5) is 12.0. The largest absolute Gasteiger partial charge is 0.336 e. The van der Waals surface area contributed by atoms with Gasteiger partial charge in [-0.05, 0) is 18.1 Å². The van der Waals surface area contributed by atoms with E-state index < -0.39 is 6.04 Å². The highest BCUT2D eigenvalue weighted by Crippen LogP contribution is 2.06. The van der Waals surface area contributed by atoms with Gasteiger partial charge in [0.25, 0.3) is 5.91 Å². The summed E-state index contributed by atoms with van der Waals surface area (Å²) in [5, 5.41) is 19.2. The number of nitrogens with one attached hydrogen (secondary N) is 1. The van der Waals surface area contributed by atoms with Crippen LogP contribution in [0.5, 0.6) is 0 Å². The molecular formula is C12H13N5O. The normalized spacial score (nSPS) is 12.3. The predicted molar refractivity (Wildman–Crippen MR) is 64.7 cm³/mol. The summed E-state index contributed by atoms with van der Waals surface area (Å²) in [5.41, 5.74) is 1.15. The molecule has 1 N–H and O–H groups in total. The van der Waals surface area contributed by atoms with E-state index in [1.165, 1.54) is 6.33 Å². The monoisotopic (exact) mass is 243 g/mol. The van der Waals surface area contributed by atoms with Crippen molar-refractivity contribution in [2.75, 3.05) is 0 Å². The fraction of sp³-hybridized carbons (Fsp3) is 0.333. The minimum Gasteiger partial charge on any atom is -0.336 e. The van der Waals surface area contributed by atoms with Gasteiger partial charge in [-0.2, -0.15) is 5.26 Å². The number of nitrogens with zero attached hydrogens (tertiary/aromatic N) is 4. The molecule has 0 aromatic carbocycles. The average molecular weight is 243 g/mol. The molecule has 0 aliphatic heterocycles. The Morgan fingerprint density at radius 2 is 2.28 bits per heavy atom. The van der Waals surface area contributed by atoms with E-state index in [4.69, 9.17) is 5.26 Å². The quantitative estimate of drug-likeness (QED) is 0.872. The smallest absolute Gasteiger partial charge is 0.253 e. The molecule has 0 saturated carbocycles. The molecule has 2 aromatic rings. The number of carbonyl (C=O) groups is 1. The molecule has 1 amide bonds. The summed E-state index contributed by atoms with van der Waals surface area (Å²) in [6.07, 6.45) is 3.16. The first-order chi connectivity index (χ1) is 8.61. The third-order valence-electron chi connectivity index (χ3n) is 2.65. The third-order valence-corrected chi connectivity index (χ3v) is 2.65. The molecule has 0 fully saturated rings. The van der Waals surface area contributed by atoms with Gasteiger partial charge in [-0.1, -0.05) is 13.8 Å². The van der Waals surface area contributed by atoms with E-state index >= 15 is 0 Å². The topological polar surface area (TPSA) is 83.1 Å². The van der Waals surface area contributed by atoms with E-state index in [2.05, 4.69) is 21.6 Å². The summed E-state index contributed by atoms with van der Waals surface area (Å²) in [6, 6.07) is 4.95. The van der Waals surface area contributed by atoms with Crippen LogP contribution in [0.2, 0.25) is 0 Å². The first kappa shape index (κ1) is 12.0. The van der Waals surface area contributed by atoms with Gasteiger partial charge in [0.05, 0.1) is 11.6 Å². The van der Waals surface area contributed by atoms with Crippen molar-refractivity contribution in [3.63, 3.8) is 0 Å². The van der Waals surface area contributed by atoms with E-state index in [-0.39, 0.29) is 11.8 Å². The Bertz CT molecular complexity index is 610. The maximum Gasteiger partial charge on any atom is 0.253 e. The molecule has 1 atom stereocenters. The molecule has 2 heterocycles. The SMILES string of the molecule is CC(C)[C@H](C#N)NC(=O)c1ccc2nncn2c1. The highest BCUT2D eigenvalue weighted by molar-refractivity contribution is 5.94. The second kappa shape index (κ2) is 4.84. The number of hydrogen-bond donors (Lipinski definition) is 1. The van der Waals surface area contributed by atoms with E-state index in [1.807, 2.05) is 13.8 Å². The van der Waals surface area contributed by atoms with E-state index in [9.17, 15) is 4.79 Å². The van der Waals surface area contributed by atoms with Gasteiger partial charge in [0.15, 0.2) is 5.65 Å². The lowest BCUT2D eigenvalue weighted by Crippen LogP contribution is -2.37. The molecule has 2 rings (SSSR count). The lowest BCUT2D eigenvalue weighted by atomic mass is 10.1. The highest BCUT2D eigenvalue weighted by atomic mass is 16.1. The molecule has 0 unspecified atom stereocenters. The summed E-state index contributed by atoms with van der Waals surface area (Å²) in [6.45, 7) is 3.77. The van der Waals surface area contributed by atoms with Crippen molar-refractivity contribution in [2.45, 2.75) is 19.9 Å². The maximum absolute atomic E-state index is 12.0. The molecule has 0 saturated heterocycles. The lowest BCUT2D eigenvalue weighted by Gasteiger charge is -2.14. The fourth-order valence-corrected chi connectivity index (χ4v) is 1.53. The van der Waals surface area contributed by atoms with Gasteiger partial charge >= 0.3 is 0 Å². The van der Waals surface area contributed by atoms with Crippen molar-refractivity contribution in [3.05, 3.63) is 30.2 Å². The van der Waals surface area contributed by atoms with Crippen LogP contribution in [-0.2, 0) is 0 Å². The van der Waals surface area contributed by atoms with Crippen molar-refractivity contribution >= 4 is 11.6 Å². The molecular weight excluding hydrogens is 230 g/mol. The second-order valence-corrected chi connectivity index (χ2v) is 4.34. The van der Waals surface area contributed by atoms with Crippen LogP contribution in [0.25, 0.3) is 5.65 Å². The molecule has 0 aliphatic carbocycles.